The Labute approximate surface area is 245 Å². The predicted molar refractivity (Wildman–Crippen MR) is 159 cm³/mol. The minimum Gasteiger partial charge on any atom is -0.497 e. The van der Waals surface area contributed by atoms with Gasteiger partial charge in [-0.05, 0) is 53.9 Å². The second kappa shape index (κ2) is 14.4. The fraction of sp³-hybridized carbons (Fsp3) is 0.310. The van der Waals surface area contributed by atoms with Gasteiger partial charge in [0.05, 0.1) is 29.1 Å². The number of nitrogens with zero attached hydrogens (tertiary/aromatic N) is 2. The van der Waals surface area contributed by atoms with Crippen LogP contribution in [0.5, 0.6) is 5.75 Å². The van der Waals surface area contributed by atoms with Crippen LogP contribution in [0.25, 0.3) is 0 Å². The van der Waals surface area contributed by atoms with Crippen LogP contribution in [0, 0.1) is 0 Å². The summed E-state index contributed by atoms with van der Waals surface area (Å²) in [6.45, 7) is 0.204. The highest BCUT2D eigenvalue weighted by atomic mass is 35.5. The van der Waals surface area contributed by atoms with E-state index >= 15 is 0 Å². The summed E-state index contributed by atoms with van der Waals surface area (Å²) in [5.41, 5.74) is 2.07. The summed E-state index contributed by atoms with van der Waals surface area (Å²) in [6, 6.07) is 20.4. The first-order chi connectivity index (χ1) is 19.0. The number of sulfonamides is 1. The zero-order valence-corrected chi connectivity index (χ0v) is 25.0. The van der Waals surface area contributed by atoms with Crippen molar-refractivity contribution in [2.45, 2.75) is 31.8 Å². The molecule has 3 rings (SSSR count). The third-order valence-electron chi connectivity index (χ3n) is 6.37. The van der Waals surface area contributed by atoms with Crippen molar-refractivity contribution >= 4 is 50.7 Å². The number of methoxy groups -OCH3 is 1. The molecule has 40 heavy (non-hydrogen) atoms. The van der Waals surface area contributed by atoms with E-state index in [1.165, 1.54) is 23.4 Å². The summed E-state index contributed by atoms with van der Waals surface area (Å²) in [5, 5.41) is 3.40. The van der Waals surface area contributed by atoms with Crippen molar-refractivity contribution in [3.63, 3.8) is 0 Å². The van der Waals surface area contributed by atoms with E-state index in [4.69, 9.17) is 27.9 Å². The van der Waals surface area contributed by atoms with Crippen LogP contribution in [-0.4, -0.2) is 58.1 Å². The first-order valence-corrected chi connectivity index (χ1v) is 15.2. The van der Waals surface area contributed by atoms with Crippen molar-refractivity contribution in [1.82, 2.24) is 10.2 Å². The monoisotopic (exact) mass is 605 g/mol. The molecular weight excluding hydrogens is 573 g/mol. The highest BCUT2D eigenvalue weighted by Gasteiger charge is 2.30. The van der Waals surface area contributed by atoms with Crippen molar-refractivity contribution in [3.05, 3.63) is 94.0 Å². The lowest BCUT2D eigenvalue weighted by atomic mass is 10.0. The molecule has 0 aliphatic rings. The zero-order valence-electron chi connectivity index (χ0n) is 22.6. The van der Waals surface area contributed by atoms with E-state index in [-0.39, 0.29) is 37.7 Å². The van der Waals surface area contributed by atoms with Gasteiger partial charge in [0.15, 0.2) is 0 Å². The van der Waals surface area contributed by atoms with Gasteiger partial charge in [-0.2, -0.15) is 0 Å². The summed E-state index contributed by atoms with van der Waals surface area (Å²) in [7, 11) is -0.552. The maximum absolute atomic E-state index is 13.7. The lowest BCUT2D eigenvalue weighted by molar-refractivity contribution is -0.141. The van der Waals surface area contributed by atoms with Gasteiger partial charge in [0, 0.05) is 33.0 Å². The highest BCUT2D eigenvalue weighted by Crippen LogP contribution is 2.25. The normalized spacial score (nSPS) is 11.9. The van der Waals surface area contributed by atoms with Gasteiger partial charge in [0.1, 0.15) is 11.8 Å². The number of hydrogen-bond donors (Lipinski definition) is 1. The van der Waals surface area contributed by atoms with E-state index in [2.05, 4.69) is 5.32 Å². The molecule has 0 radical (unpaired) electrons. The number of carbonyl (C=O) groups is 2. The van der Waals surface area contributed by atoms with E-state index < -0.39 is 16.1 Å². The number of rotatable bonds is 13. The molecule has 0 heterocycles. The molecule has 1 atom stereocenters. The largest absolute Gasteiger partial charge is 0.497 e. The molecule has 1 unspecified atom stereocenters. The number of amides is 2. The topological polar surface area (TPSA) is 96.0 Å². The number of ether oxygens (including phenoxy) is 1. The van der Waals surface area contributed by atoms with Crippen LogP contribution in [0.3, 0.4) is 0 Å². The summed E-state index contributed by atoms with van der Waals surface area (Å²) in [5.74, 6) is -0.00368. The number of anilines is 1. The Kier molecular flexibility index (Phi) is 11.2. The molecule has 0 aliphatic carbocycles. The molecule has 0 saturated carbocycles. The Morgan fingerprint density at radius 2 is 1.62 bits per heavy atom. The van der Waals surface area contributed by atoms with Crippen molar-refractivity contribution < 1.29 is 22.7 Å². The summed E-state index contributed by atoms with van der Waals surface area (Å²) in [4.78, 5) is 28.3. The molecule has 1 N–H and O–H groups in total. The van der Waals surface area contributed by atoms with E-state index in [0.29, 0.717) is 33.5 Å². The van der Waals surface area contributed by atoms with Crippen molar-refractivity contribution in [1.29, 1.82) is 0 Å². The number of benzene rings is 3. The third kappa shape index (κ3) is 8.61. The smallest absolute Gasteiger partial charge is 0.242 e. The van der Waals surface area contributed by atoms with Gasteiger partial charge in [0.25, 0.3) is 0 Å². The number of nitrogens with one attached hydrogen (secondary N) is 1. The van der Waals surface area contributed by atoms with Crippen LogP contribution < -0.4 is 14.4 Å². The molecule has 0 spiro atoms. The zero-order chi connectivity index (χ0) is 29.3. The lowest BCUT2D eigenvalue weighted by Crippen LogP contribution is -2.49. The van der Waals surface area contributed by atoms with Crippen LogP contribution in [-0.2, 0) is 32.6 Å². The number of hydrogen-bond acceptors (Lipinski definition) is 5. The maximum Gasteiger partial charge on any atom is 0.242 e. The minimum absolute atomic E-state index is 0.0196. The van der Waals surface area contributed by atoms with Gasteiger partial charge in [0.2, 0.25) is 21.8 Å². The third-order valence-corrected chi connectivity index (χ3v) is 8.30. The van der Waals surface area contributed by atoms with Gasteiger partial charge in [-0.25, -0.2) is 8.42 Å². The fourth-order valence-electron chi connectivity index (χ4n) is 4.31. The van der Waals surface area contributed by atoms with Crippen molar-refractivity contribution in [3.8, 4) is 5.75 Å². The SMILES string of the molecule is CNC(=O)C(Cc1ccccc1)N(Cc1ccc(Cl)c(Cl)c1)C(=O)CCCN(c1ccc(OC)cc1)S(C)(=O)=O. The Morgan fingerprint density at radius 1 is 0.950 bits per heavy atom. The molecular formula is C29H33Cl2N3O5S. The van der Waals surface area contributed by atoms with Crippen molar-refractivity contribution in [2.24, 2.45) is 0 Å². The fourth-order valence-corrected chi connectivity index (χ4v) is 5.59. The summed E-state index contributed by atoms with van der Waals surface area (Å²) < 4.78 is 31.5. The van der Waals surface area contributed by atoms with E-state index in [1.54, 1.807) is 42.5 Å². The quantitative estimate of drug-likeness (QED) is 0.298. The van der Waals surface area contributed by atoms with Crippen molar-refractivity contribution in [2.75, 3.05) is 31.3 Å². The molecule has 8 nitrogen and oxygen atoms in total. The van der Waals surface area contributed by atoms with Gasteiger partial charge in [-0.15, -0.1) is 0 Å². The highest BCUT2D eigenvalue weighted by molar-refractivity contribution is 7.92. The molecule has 0 bridgehead atoms. The number of likely N-dealkylation sites (N-methyl/N-ethyl adjacent to an activating group) is 1. The Morgan fingerprint density at radius 3 is 2.20 bits per heavy atom. The van der Waals surface area contributed by atoms with Gasteiger partial charge in [-0.1, -0.05) is 59.6 Å². The first kappa shape index (κ1) is 31.3. The first-order valence-electron chi connectivity index (χ1n) is 12.6. The van der Waals surface area contributed by atoms with Crippen LogP contribution in [0.15, 0.2) is 72.8 Å². The van der Waals surface area contributed by atoms with Crippen LogP contribution >= 0.6 is 23.2 Å². The lowest BCUT2D eigenvalue weighted by Gasteiger charge is -2.31. The maximum atomic E-state index is 13.7. The van der Waals surface area contributed by atoms with Gasteiger partial charge < -0.3 is 15.0 Å². The number of carbonyl (C=O) groups excluding carboxylic acids is 2. The van der Waals surface area contributed by atoms with Gasteiger partial charge >= 0.3 is 0 Å². The summed E-state index contributed by atoms with van der Waals surface area (Å²) in [6.07, 6.45) is 1.68. The van der Waals surface area contributed by atoms with Crippen LogP contribution in [0.2, 0.25) is 10.0 Å². The second-order valence-corrected chi connectivity index (χ2v) is 11.9. The predicted octanol–water partition coefficient (Wildman–Crippen LogP) is 4.93. The van der Waals surface area contributed by atoms with E-state index in [1.807, 2.05) is 30.3 Å². The molecule has 214 valence electrons. The van der Waals surface area contributed by atoms with E-state index in [0.717, 1.165) is 11.8 Å². The molecule has 2 amide bonds. The number of halogens is 2. The Bertz CT molecular complexity index is 1400. The Balaban J connectivity index is 1.85. The van der Waals surface area contributed by atoms with Crippen LogP contribution in [0.1, 0.15) is 24.0 Å². The average molecular weight is 607 g/mol. The van der Waals surface area contributed by atoms with E-state index in [9.17, 15) is 18.0 Å². The molecule has 0 fully saturated rings. The average Bonchev–Trinajstić information content (AvgIpc) is 2.94. The molecule has 0 aromatic heterocycles. The minimum atomic E-state index is -3.61. The molecule has 0 aliphatic heterocycles. The second-order valence-electron chi connectivity index (χ2n) is 9.23. The molecule has 0 saturated heterocycles. The Hall–Kier alpha value is -3.27. The van der Waals surface area contributed by atoms with Crippen LogP contribution in [0.4, 0.5) is 5.69 Å². The summed E-state index contributed by atoms with van der Waals surface area (Å²) >= 11 is 12.3. The standard InChI is InChI=1S/C29H33Cl2N3O5S/c1-32-29(36)27(19-21-8-5-4-6-9-21)33(20-22-11-16-25(30)26(31)18-22)28(35)10-7-17-34(40(3,37)38)23-12-14-24(39-2)15-13-23/h4-6,8-9,11-16,18,27H,7,10,17,19-20H2,1-3H3,(H,32,36). The molecule has 11 heteroatoms. The molecule has 3 aromatic rings. The van der Waals surface area contributed by atoms with Gasteiger partial charge in [-0.3, -0.25) is 13.9 Å². The molecule has 3 aromatic carbocycles.